The molecule has 0 unspecified atom stereocenters. The summed E-state index contributed by atoms with van der Waals surface area (Å²) in [4.78, 5) is 10.1. The van der Waals surface area contributed by atoms with E-state index in [-0.39, 0.29) is 5.69 Å². The molecule has 1 aromatic carbocycles. The first kappa shape index (κ1) is 13.2. The molecule has 0 N–H and O–H groups in total. The lowest BCUT2D eigenvalue weighted by Gasteiger charge is -2.05. The van der Waals surface area contributed by atoms with Gasteiger partial charge in [-0.3, -0.25) is 10.1 Å². The Morgan fingerprint density at radius 3 is 2.63 bits per heavy atom. The molecule has 0 atom stereocenters. The highest BCUT2D eigenvalue weighted by molar-refractivity contribution is 7.80. The Kier molecular flexibility index (Phi) is 4.25. The van der Waals surface area contributed by atoms with Crippen LogP contribution in [0.25, 0.3) is 0 Å². The molecule has 19 heavy (non-hydrogen) atoms. The average molecular weight is 277 g/mol. The molecule has 0 saturated heterocycles. The van der Waals surface area contributed by atoms with E-state index in [4.69, 9.17) is 21.4 Å². The van der Waals surface area contributed by atoms with Gasteiger partial charge in [-0.1, -0.05) is 12.1 Å². The predicted molar refractivity (Wildman–Crippen MR) is 72.9 cm³/mol. The van der Waals surface area contributed by atoms with Gasteiger partial charge in [-0.25, -0.2) is 0 Å². The molecule has 0 aliphatic carbocycles. The molecule has 0 bridgehead atoms. The fourth-order valence-corrected chi connectivity index (χ4v) is 1.73. The average Bonchev–Trinajstić information content (AvgIpc) is 2.90. The molecule has 0 fully saturated rings. The Morgan fingerprint density at radius 2 is 2.05 bits per heavy atom. The molecular formula is C13H11NO4S. The van der Waals surface area contributed by atoms with Gasteiger partial charge in [-0.15, -0.1) is 0 Å². The number of nitro benzene ring substituents is 1. The number of ether oxygens (including phenoxy) is 1. The smallest absolute Gasteiger partial charge is 0.269 e. The third kappa shape index (κ3) is 3.89. The molecule has 0 radical (unpaired) electrons. The van der Waals surface area contributed by atoms with Crippen LogP contribution in [-0.4, -0.2) is 9.97 Å². The second kappa shape index (κ2) is 6.10. The summed E-state index contributed by atoms with van der Waals surface area (Å²) in [6, 6.07) is 9.81. The summed E-state index contributed by atoms with van der Waals surface area (Å²) >= 11 is 5.10. The topological polar surface area (TPSA) is 65.5 Å². The molecule has 1 heterocycles. The van der Waals surface area contributed by atoms with E-state index >= 15 is 0 Å². The van der Waals surface area contributed by atoms with Gasteiger partial charge < -0.3 is 9.15 Å². The molecule has 2 aromatic rings. The molecule has 1 aromatic heterocycles. The van der Waals surface area contributed by atoms with Gasteiger partial charge in [-0.2, -0.15) is 0 Å². The summed E-state index contributed by atoms with van der Waals surface area (Å²) in [5.41, 5.74) is 0.932. The highest BCUT2D eigenvalue weighted by atomic mass is 32.1. The van der Waals surface area contributed by atoms with Gasteiger partial charge in [0.2, 0.25) is 0 Å². The van der Waals surface area contributed by atoms with Gasteiger partial charge in [0.15, 0.2) is 5.05 Å². The van der Waals surface area contributed by atoms with Crippen LogP contribution in [0.5, 0.6) is 0 Å². The van der Waals surface area contributed by atoms with Crippen molar-refractivity contribution in [2.75, 3.05) is 0 Å². The SMILES string of the molecule is O=[N+]([O-])c1ccc(CC(=S)OCc2ccco2)cc1. The summed E-state index contributed by atoms with van der Waals surface area (Å²) in [5, 5.41) is 10.9. The van der Waals surface area contributed by atoms with Crippen molar-refractivity contribution in [2.45, 2.75) is 13.0 Å². The number of nitro groups is 1. The Bertz CT molecular complexity index is 563. The molecule has 0 amide bonds. The van der Waals surface area contributed by atoms with Crippen molar-refractivity contribution in [3.05, 3.63) is 64.1 Å². The van der Waals surface area contributed by atoms with E-state index in [0.717, 1.165) is 5.56 Å². The van der Waals surface area contributed by atoms with Crippen LogP contribution >= 0.6 is 12.2 Å². The van der Waals surface area contributed by atoms with Gasteiger partial charge in [-0.05, 0) is 29.9 Å². The van der Waals surface area contributed by atoms with E-state index in [0.29, 0.717) is 23.8 Å². The molecule has 0 saturated carbocycles. The van der Waals surface area contributed by atoms with Crippen LogP contribution in [0.4, 0.5) is 5.69 Å². The Balaban J connectivity index is 1.86. The highest BCUT2D eigenvalue weighted by Crippen LogP contribution is 2.13. The fourth-order valence-electron chi connectivity index (χ4n) is 1.50. The van der Waals surface area contributed by atoms with Gasteiger partial charge in [0.25, 0.3) is 5.69 Å². The fraction of sp³-hybridized carbons (Fsp3) is 0.154. The van der Waals surface area contributed by atoms with E-state index in [9.17, 15) is 10.1 Å². The maximum absolute atomic E-state index is 10.5. The number of rotatable bonds is 5. The highest BCUT2D eigenvalue weighted by Gasteiger charge is 2.06. The standard InChI is InChI=1S/C13H11NO4S/c15-14(16)11-5-3-10(4-6-11)8-13(19)18-9-12-2-1-7-17-12/h1-7H,8-9H2. The van der Waals surface area contributed by atoms with Crippen molar-refractivity contribution in [3.8, 4) is 0 Å². The second-order valence-electron chi connectivity index (χ2n) is 3.84. The Hall–Kier alpha value is -2.21. The first-order valence-corrected chi connectivity index (χ1v) is 5.97. The second-order valence-corrected chi connectivity index (χ2v) is 4.30. The quantitative estimate of drug-likeness (QED) is 0.476. The molecular weight excluding hydrogens is 266 g/mol. The zero-order valence-corrected chi connectivity index (χ0v) is 10.8. The number of non-ortho nitro benzene ring substituents is 1. The van der Waals surface area contributed by atoms with Gasteiger partial charge in [0.05, 0.1) is 11.2 Å². The predicted octanol–water partition coefficient (Wildman–Crippen LogP) is 3.27. The van der Waals surface area contributed by atoms with Crippen molar-refractivity contribution >= 4 is 23.0 Å². The maximum atomic E-state index is 10.5. The van der Waals surface area contributed by atoms with E-state index in [1.807, 2.05) is 0 Å². The summed E-state index contributed by atoms with van der Waals surface area (Å²) in [5.74, 6) is 0.700. The van der Waals surface area contributed by atoms with Crippen LogP contribution in [0.1, 0.15) is 11.3 Å². The normalized spacial score (nSPS) is 10.1. The van der Waals surface area contributed by atoms with Crippen LogP contribution < -0.4 is 0 Å². The summed E-state index contributed by atoms with van der Waals surface area (Å²) in [7, 11) is 0. The number of hydrogen-bond donors (Lipinski definition) is 0. The van der Waals surface area contributed by atoms with E-state index in [1.54, 1.807) is 30.5 Å². The zero-order chi connectivity index (χ0) is 13.7. The van der Waals surface area contributed by atoms with Gasteiger partial charge in [0, 0.05) is 18.6 Å². The molecule has 98 valence electrons. The van der Waals surface area contributed by atoms with E-state index in [2.05, 4.69) is 0 Å². The third-order valence-electron chi connectivity index (χ3n) is 2.45. The van der Waals surface area contributed by atoms with E-state index in [1.165, 1.54) is 12.1 Å². The number of furan rings is 1. The van der Waals surface area contributed by atoms with Crippen molar-refractivity contribution in [3.63, 3.8) is 0 Å². The summed E-state index contributed by atoms with van der Waals surface area (Å²) in [6.07, 6.45) is 2.01. The van der Waals surface area contributed by atoms with Gasteiger partial charge >= 0.3 is 0 Å². The van der Waals surface area contributed by atoms with Gasteiger partial charge in [0.1, 0.15) is 12.4 Å². The van der Waals surface area contributed by atoms with Crippen LogP contribution in [0.2, 0.25) is 0 Å². The Morgan fingerprint density at radius 1 is 1.32 bits per heavy atom. The summed E-state index contributed by atoms with van der Waals surface area (Å²) in [6.45, 7) is 0.290. The number of nitrogens with zero attached hydrogens (tertiary/aromatic N) is 1. The lowest BCUT2D eigenvalue weighted by atomic mass is 10.1. The maximum Gasteiger partial charge on any atom is 0.269 e. The van der Waals surface area contributed by atoms with Crippen molar-refractivity contribution in [2.24, 2.45) is 0 Å². The van der Waals surface area contributed by atoms with Crippen LogP contribution in [0, 0.1) is 10.1 Å². The summed E-state index contributed by atoms with van der Waals surface area (Å²) < 4.78 is 10.5. The molecule has 0 aliphatic heterocycles. The molecule has 0 spiro atoms. The van der Waals surface area contributed by atoms with Crippen LogP contribution in [-0.2, 0) is 17.8 Å². The Labute approximate surface area is 115 Å². The van der Waals surface area contributed by atoms with Crippen molar-refractivity contribution in [1.82, 2.24) is 0 Å². The molecule has 6 heteroatoms. The monoisotopic (exact) mass is 277 g/mol. The largest absolute Gasteiger partial charge is 0.479 e. The first-order chi connectivity index (χ1) is 9.15. The van der Waals surface area contributed by atoms with Crippen molar-refractivity contribution < 1.29 is 14.1 Å². The third-order valence-corrected chi connectivity index (χ3v) is 2.71. The first-order valence-electron chi connectivity index (χ1n) is 5.56. The van der Waals surface area contributed by atoms with Crippen molar-refractivity contribution in [1.29, 1.82) is 0 Å². The van der Waals surface area contributed by atoms with Crippen LogP contribution in [0.3, 0.4) is 0 Å². The lowest BCUT2D eigenvalue weighted by Crippen LogP contribution is -2.05. The number of thiocarbonyl (C=S) groups is 1. The lowest BCUT2D eigenvalue weighted by molar-refractivity contribution is -0.384. The minimum absolute atomic E-state index is 0.0613. The van der Waals surface area contributed by atoms with E-state index < -0.39 is 4.92 Å². The molecule has 5 nitrogen and oxygen atoms in total. The molecule has 0 aliphatic rings. The minimum atomic E-state index is -0.435. The number of hydrogen-bond acceptors (Lipinski definition) is 5. The van der Waals surface area contributed by atoms with Crippen LogP contribution in [0.15, 0.2) is 47.1 Å². The number of benzene rings is 1. The minimum Gasteiger partial charge on any atom is -0.479 e. The zero-order valence-electron chi connectivity index (χ0n) is 9.94. The molecule has 2 rings (SSSR count).